The van der Waals surface area contributed by atoms with Gasteiger partial charge in [0, 0.05) is 18.9 Å². The van der Waals surface area contributed by atoms with Crippen LogP contribution < -0.4 is 9.46 Å². The monoisotopic (exact) mass is 413 g/mol. The largest absolute Gasteiger partial charge is 0.497 e. The molecule has 2 N–H and O–H groups in total. The van der Waals surface area contributed by atoms with E-state index in [4.69, 9.17) is 4.74 Å². The molecule has 1 aromatic heterocycles. The van der Waals surface area contributed by atoms with Crippen molar-refractivity contribution in [2.75, 3.05) is 13.7 Å². The Hall–Kier alpha value is -2.68. The van der Waals surface area contributed by atoms with E-state index in [2.05, 4.69) is 9.82 Å². The summed E-state index contributed by atoms with van der Waals surface area (Å²) in [7, 11) is -2.16. The van der Waals surface area contributed by atoms with Crippen molar-refractivity contribution >= 4 is 10.0 Å². The molecule has 1 heterocycles. The summed E-state index contributed by atoms with van der Waals surface area (Å²) in [6.45, 7) is -0.0877. The molecular formula is C21H23N3O4S. The molecule has 0 fully saturated rings. The number of aliphatic hydroxyl groups is 1. The van der Waals surface area contributed by atoms with Crippen molar-refractivity contribution < 1.29 is 18.3 Å². The number of hydrogen-bond acceptors (Lipinski definition) is 5. The van der Waals surface area contributed by atoms with E-state index in [0.29, 0.717) is 6.42 Å². The second kappa shape index (κ2) is 7.62. The minimum Gasteiger partial charge on any atom is -0.497 e. The van der Waals surface area contributed by atoms with Gasteiger partial charge in [-0.15, -0.1) is 0 Å². The Kier molecular flexibility index (Phi) is 5.16. The van der Waals surface area contributed by atoms with Gasteiger partial charge in [0.05, 0.1) is 17.7 Å². The van der Waals surface area contributed by atoms with E-state index in [1.54, 1.807) is 48.5 Å². The summed E-state index contributed by atoms with van der Waals surface area (Å²) in [6.07, 6.45) is 5.54. The first-order valence-electron chi connectivity index (χ1n) is 9.41. The Bertz CT molecular complexity index is 1100. The molecule has 4 rings (SSSR count). The fourth-order valence-corrected chi connectivity index (χ4v) is 4.83. The summed E-state index contributed by atoms with van der Waals surface area (Å²) in [5, 5.41) is 15.3. The van der Waals surface area contributed by atoms with Crippen molar-refractivity contribution in [3.63, 3.8) is 0 Å². The lowest BCUT2D eigenvalue weighted by Crippen LogP contribution is -2.42. The van der Waals surface area contributed by atoms with E-state index in [9.17, 15) is 13.5 Å². The van der Waals surface area contributed by atoms with Crippen molar-refractivity contribution in [1.29, 1.82) is 0 Å². The first kappa shape index (κ1) is 19.6. The van der Waals surface area contributed by atoms with E-state index in [1.807, 2.05) is 12.1 Å². The Balaban J connectivity index is 1.52. The molecule has 3 aromatic rings. The Morgan fingerprint density at radius 2 is 2.03 bits per heavy atom. The van der Waals surface area contributed by atoms with Crippen LogP contribution in [0.3, 0.4) is 0 Å². The van der Waals surface area contributed by atoms with Crippen molar-refractivity contribution in [3.05, 3.63) is 72.1 Å². The molecule has 0 saturated carbocycles. The Morgan fingerprint density at radius 3 is 2.72 bits per heavy atom. The molecule has 0 saturated heterocycles. The summed E-state index contributed by atoms with van der Waals surface area (Å²) in [6, 6.07) is 13.8. The zero-order chi connectivity index (χ0) is 20.5. The molecule has 0 radical (unpaired) electrons. The minimum absolute atomic E-state index is 0.0877. The van der Waals surface area contributed by atoms with Gasteiger partial charge in [-0.05, 0) is 72.9 Å². The number of rotatable bonds is 6. The second-order valence-electron chi connectivity index (χ2n) is 7.18. The number of fused-ring (bicyclic) bond motifs is 1. The number of ether oxygens (including phenoxy) is 1. The third-order valence-corrected chi connectivity index (χ3v) is 6.74. The van der Waals surface area contributed by atoms with Crippen LogP contribution in [0.15, 0.2) is 65.8 Å². The van der Waals surface area contributed by atoms with Gasteiger partial charge in [-0.3, -0.25) is 0 Å². The average molecular weight is 413 g/mol. The number of hydrogen-bond donors (Lipinski definition) is 2. The van der Waals surface area contributed by atoms with Crippen molar-refractivity contribution in [1.82, 2.24) is 14.5 Å². The van der Waals surface area contributed by atoms with Crippen LogP contribution in [0.1, 0.15) is 24.0 Å². The second-order valence-corrected chi connectivity index (χ2v) is 8.94. The highest BCUT2D eigenvalue weighted by atomic mass is 32.2. The van der Waals surface area contributed by atoms with E-state index in [-0.39, 0.29) is 11.4 Å². The summed E-state index contributed by atoms with van der Waals surface area (Å²) in [5.74, 6) is 0.728. The number of sulfonamides is 1. The minimum atomic E-state index is -3.76. The van der Waals surface area contributed by atoms with Gasteiger partial charge >= 0.3 is 0 Å². The fourth-order valence-electron chi connectivity index (χ4n) is 3.74. The number of nitrogens with one attached hydrogen (secondary N) is 1. The van der Waals surface area contributed by atoms with Gasteiger partial charge < -0.3 is 9.84 Å². The van der Waals surface area contributed by atoms with Gasteiger partial charge in [-0.1, -0.05) is 6.07 Å². The van der Waals surface area contributed by atoms with Gasteiger partial charge in [0.15, 0.2) is 0 Å². The molecule has 7 nitrogen and oxygen atoms in total. The normalized spacial score (nSPS) is 19.0. The zero-order valence-corrected chi connectivity index (χ0v) is 16.9. The van der Waals surface area contributed by atoms with Crippen LogP contribution >= 0.6 is 0 Å². The molecule has 0 unspecified atom stereocenters. The van der Waals surface area contributed by atoms with Crippen molar-refractivity contribution in [3.8, 4) is 11.4 Å². The third-order valence-electron chi connectivity index (χ3n) is 5.32. The molecule has 1 aliphatic carbocycles. The van der Waals surface area contributed by atoms with Crippen LogP contribution in [0.2, 0.25) is 0 Å². The molecule has 8 heteroatoms. The Morgan fingerprint density at radius 1 is 1.24 bits per heavy atom. The number of nitrogens with zero attached hydrogens (tertiary/aromatic N) is 2. The summed E-state index contributed by atoms with van der Waals surface area (Å²) in [4.78, 5) is 0.141. The zero-order valence-electron chi connectivity index (χ0n) is 16.1. The van der Waals surface area contributed by atoms with Crippen molar-refractivity contribution in [2.24, 2.45) is 0 Å². The van der Waals surface area contributed by atoms with Gasteiger partial charge in [0.2, 0.25) is 10.0 Å². The summed E-state index contributed by atoms with van der Waals surface area (Å²) in [5.41, 5.74) is 1.26. The van der Waals surface area contributed by atoms with Crippen LogP contribution in [-0.4, -0.2) is 37.0 Å². The van der Waals surface area contributed by atoms with Crippen LogP contribution in [0.4, 0.5) is 0 Å². The fraction of sp³-hybridized carbons (Fsp3) is 0.286. The lowest BCUT2D eigenvalue weighted by Gasteiger charge is -2.34. The number of benzene rings is 2. The highest BCUT2D eigenvalue weighted by Crippen LogP contribution is 2.36. The maximum Gasteiger partial charge on any atom is 0.240 e. The van der Waals surface area contributed by atoms with Gasteiger partial charge in [0.1, 0.15) is 11.4 Å². The maximum absolute atomic E-state index is 12.8. The average Bonchev–Trinajstić information content (AvgIpc) is 3.27. The van der Waals surface area contributed by atoms with E-state index >= 15 is 0 Å². The molecule has 29 heavy (non-hydrogen) atoms. The van der Waals surface area contributed by atoms with E-state index in [0.717, 1.165) is 35.4 Å². The standard InChI is InChI=1S/C21H23N3O4S/c1-28-18-7-10-20-16(14-18)4-2-11-21(20,25)15-23-29(26,27)19-8-5-17(6-9-19)24-13-3-12-22-24/h3,5-10,12-14,23,25H,2,4,11,15H2,1H3/t21-/m1/s1. The predicted molar refractivity (Wildman–Crippen MR) is 109 cm³/mol. The molecule has 0 spiro atoms. The lowest BCUT2D eigenvalue weighted by molar-refractivity contribution is 0.0242. The number of aromatic nitrogens is 2. The molecule has 0 bridgehead atoms. The van der Waals surface area contributed by atoms with Gasteiger partial charge in [0.25, 0.3) is 0 Å². The van der Waals surface area contributed by atoms with Crippen LogP contribution in [0.25, 0.3) is 5.69 Å². The lowest BCUT2D eigenvalue weighted by atomic mass is 9.79. The summed E-state index contributed by atoms with van der Waals surface area (Å²) < 4.78 is 35.0. The molecule has 152 valence electrons. The highest BCUT2D eigenvalue weighted by Gasteiger charge is 2.35. The number of aryl methyl sites for hydroxylation is 1. The van der Waals surface area contributed by atoms with Gasteiger partial charge in [-0.2, -0.15) is 5.10 Å². The predicted octanol–water partition coefficient (Wildman–Crippen LogP) is 2.38. The smallest absolute Gasteiger partial charge is 0.240 e. The summed E-state index contributed by atoms with van der Waals surface area (Å²) >= 11 is 0. The van der Waals surface area contributed by atoms with Crippen LogP contribution in [0.5, 0.6) is 5.75 Å². The first-order chi connectivity index (χ1) is 13.9. The third kappa shape index (κ3) is 3.91. The van der Waals surface area contributed by atoms with Crippen LogP contribution in [-0.2, 0) is 22.0 Å². The highest BCUT2D eigenvalue weighted by molar-refractivity contribution is 7.89. The maximum atomic E-state index is 12.8. The van der Waals surface area contributed by atoms with Crippen LogP contribution in [0, 0.1) is 0 Å². The van der Waals surface area contributed by atoms with Gasteiger partial charge in [-0.25, -0.2) is 17.8 Å². The Labute approximate surface area is 170 Å². The molecule has 2 aromatic carbocycles. The molecular weight excluding hydrogens is 390 g/mol. The van der Waals surface area contributed by atoms with E-state index in [1.165, 1.54) is 12.1 Å². The quantitative estimate of drug-likeness (QED) is 0.647. The SMILES string of the molecule is COc1ccc2c(c1)CCC[C@@]2(O)CNS(=O)(=O)c1ccc(-n2cccn2)cc1. The number of methoxy groups -OCH3 is 1. The van der Waals surface area contributed by atoms with Crippen molar-refractivity contribution in [2.45, 2.75) is 29.8 Å². The molecule has 0 aliphatic heterocycles. The molecule has 0 amide bonds. The first-order valence-corrected chi connectivity index (χ1v) is 10.9. The topological polar surface area (TPSA) is 93.5 Å². The molecule has 1 atom stereocenters. The molecule has 1 aliphatic rings. The van der Waals surface area contributed by atoms with E-state index < -0.39 is 15.6 Å².